The highest BCUT2D eigenvalue weighted by Crippen LogP contribution is 2.64. The fraction of sp³-hybridized carbons (Fsp3) is 0.556. The van der Waals surface area contributed by atoms with E-state index >= 15 is 0 Å². The zero-order valence-electron chi connectivity index (χ0n) is 11.8. The molecule has 4 fully saturated rings. The third kappa shape index (κ3) is 1.80. The fourth-order valence-corrected chi connectivity index (χ4v) is 5.53. The minimum Gasteiger partial charge on any atom is -0.257 e. The standard InChI is InChI=1S/C18H20N2/c19-5-4-16(17-3-1-2-6-20-17)18-10-13-7-14(11-18)9-15(8-13)12-18/h1-4,6,13-15H,7-12H2/b16-4+. The van der Waals surface area contributed by atoms with Crippen LogP contribution in [0.1, 0.15) is 44.2 Å². The molecule has 4 saturated carbocycles. The van der Waals surface area contributed by atoms with Gasteiger partial charge in [-0.3, -0.25) is 4.98 Å². The predicted molar refractivity (Wildman–Crippen MR) is 78.4 cm³/mol. The maximum absolute atomic E-state index is 9.25. The highest BCUT2D eigenvalue weighted by molar-refractivity contribution is 5.70. The van der Waals surface area contributed by atoms with Gasteiger partial charge in [0.1, 0.15) is 0 Å². The molecule has 1 aromatic heterocycles. The van der Waals surface area contributed by atoms with E-state index in [0.29, 0.717) is 0 Å². The highest BCUT2D eigenvalue weighted by Gasteiger charge is 2.52. The Hall–Kier alpha value is -1.62. The molecule has 0 saturated heterocycles. The van der Waals surface area contributed by atoms with Gasteiger partial charge >= 0.3 is 0 Å². The smallest absolute Gasteiger partial charge is 0.0915 e. The molecule has 0 N–H and O–H groups in total. The molecule has 5 rings (SSSR count). The Morgan fingerprint density at radius 2 is 1.80 bits per heavy atom. The Balaban J connectivity index is 1.78. The summed E-state index contributed by atoms with van der Waals surface area (Å²) in [5, 5.41) is 9.25. The second kappa shape index (κ2) is 4.45. The number of nitrogens with zero attached hydrogens (tertiary/aromatic N) is 2. The second-order valence-corrected chi connectivity index (χ2v) is 7.10. The zero-order valence-corrected chi connectivity index (χ0v) is 11.8. The van der Waals surface area contributed by atoms with Crippen LogP contribution in [-0.4, -0.2) is 4.98 Å². The summed E-state index contributed by atoms with van der Waals surface area (Å²) in [5.74, 6) is 2.69. The predicted octanol–water partition coefficient (Wildman–Crippen LogP) is 4.20. The lowest BCUT2D eigenvalue weighted by molar-refractivity contribution is -0.0179. The zero-order chi connectivity index (χ0) is 13.6. The van der Waals surface area contributed by atoms with Crippen LogP contribution in [-0.2, 0) is 0 Å². The van der Waals surface area contributed by atoms with Crippen molar-refractivity contribution in [1.82, 2.24) is 4.98 Å². The molecular weight excluding hydrogens is 244 g/mol. The summed E-state index contributed by atoms with van der Waals surface area (Å²) in [6.07, 6.45) is 11.8. The molecule has 2 nitrogen and oxygen atoms in total. The van der Waals surface area contributed by atoms with Crippen molar-refractivity contribution in [3.8, 4) is 6.07 Å². The highest BCUT2D eigenvalue weighted by atomic mass is 14.7. The van der Waals surface area contributed by atoms with Gasteiger partial charge in [-0.05, 0) is 79.4 Å². The van der Waals surface area contributed by atoms with Gasteiger partial charge in [-0.2, -0.15) is 5.26 Å². The van der Waals surface area contributed by atoms with Crippen molar-refractivity contribution in [1.29, 1.82) is 5.26 Å². The topological polar surface area (TPSA) is 36.7 Å². The first-order chi connectivity index (χ1) is 9.79. The van der Waals surface area contributed by atoms with Crippen LogP contribution in [0.4, 0.5) is 0 Å². The maximum atomic E-state index is 9.25. The van der Waals surface area contributed by atoms with Crippen LogP contribution in [0, 0.1) is 34.5 Å². The minimum absolute atomic E-state index is 0.249. The molecule has 4 aliphatic rings. The summed E-state index contributed by atoms with van der Waals surface area (Å²) >= 11 is 0. The van der Waals surface area contributed by atoms with Gasteiger partial charge in [0.25, 0.3) is 0 Å². The molecule has 0 aromatic carbocycles. The van der Waals surface area contributed by atoms with Crippen LogP contribution in [0.5, 0.6) is 0 Å². The molecular formula is C18H20N2. The second-order valence-electron chi connectivity index (χ2n) is 7.10. The third-order valence-electron chi connectivity index (χ3n) is 5.76. The van der Waals surface area contributed by atoms with Crippen molar-refractivity contribution in [3.63, 3.8) is 0 Å². The first-order valence-electron chi connectivity index (χ1n) is 7.81. The number of pyridine rings is 1. The van der Waals surface area contributed by atoms with Crippen molar-refractivity contribution >= 4 is 5.57 Å². The Kier molecular flexibility index (Phi) is 2.70. The van der Waals surface area contributed by atoms with Crippen LogP contribution >= 0.6 is 0 Å². The van der Waals surface area contributed by atoms with Gasteiger partial charge in [-0.1, -0.05) is 6.07 Å². The van der Waals surface area contributed by atoms with E-state index in [9.17, 15) is 5.26 Å². The Bertz CT molecular complexity index is 544. The number of nitriles is 1. The molecule has 0 atom stereocenters. The number of rotatable bonds is 2. The lowest BCUT2D eigenvalue weighted by Crippen LogP contribution is -2.46. The van der Waals surface area contributed by atoms with Gasteiger partial charge in [0.2, 0.25) is 0 Å². The van der Waals surface area contributed by atoms with Crippen molar-refractivity contribution in [3.05, 3.63) is 36.2 Å². The number of allylic oxidation sites excluding steroid dienone is 2. The van der Waals surface area contributed by atoms with Crippen LogP contribution in [0.25, 0.3) is 5.57 Å². The number of aromatic nitrogens is 1. The van der Waals surface area contributed by atoms with Gasteiger partial charge in [-0.25, -0.2) is 0 Å². The van der Waals surface area contributed by atoms with E-state index in [1.165, 1.54) is 44.1 Å². The summed E-state index contributed by atoms with van der Waals surface area (Å²) in [7, 11) is 0. The van der Waals surface area contributed by atoms with E-state index in [1.807, 2.05) is 18.3 Å². The van der Waals surface area contributed by atoms with Crippen LogP contribution in [0.15, 0.2) is 30.5 Å². The number of hydrogen-bond acceptors (Lipinski definition) is 2. The molecule has 0 unspecified atom stereocenters. The first kappa shape index (κ1) is 12.1. The summed E-state index contributed by atoms with van der Waals surface area (Å²) in [6.45, 7) is 0. The van der Waals surface area contributed by atoms with Crippen LogP contribution in [0.3, 0.4) is 0 Å². The molecule has 0 amide bonds. The van der Waals surface area contributed by atoms with Gasteiger partial charge in [0.05, 0.1) is 11.8 Å². The van der Waals surface area contributed by atoms with Crippen molar-refractivity contribution in [2.24, 2.45) is 23.2 Å². The summed E-state index contributed by atoms with van der Waals surface area (Å²) in [4.78, 5) is 4.54. The van der Waals surface area contributed by atoms with Crippen molar-refractivity contribution in [2.75, 3.05) is 0 Å². The maximum Gasteiger partial charge on any atom is 0.0915 e. The summed E-state index contributed by atoms with van der Waals surface area (Å²) in [5.41, 5.74) is 2.49. The molecule has 0 radical (unpaired) electrons. The average Bonchev–Trinajstić information content (AvgIpc) is 2.44. The molecule has 20 heavy (non-hydrogen) atoms. The van der Waals surface area contributed by atoms with Crippen molar-refractivity contribution < 1.29 is 0 Å². The summed E-state index contributed by atoms with van der Waals surface area (Å²) in [6, 6.07) is 8.35. The molecule has 1 heterocycles. The summed E-state index contributed by atoms with van der Waals surface area (Å²) < 4.78 is 0. The lowest BCUT2D eigenvalue weighted by atomic mass is 9.47. The van der Waals surface area contributed by atoms with Crippen LogP contribution in [0.2, 0.25) is 0 Å². The fourth-order valence-electron chi connectivity index (χ4n) is 5.53. The minimum atomic E-state index is 0.249. The average molecular weight is 264 g/mol. The van der Waals surface area contributed by atoms with Crippen LogP contribution < -0.4 is 0 Å². The van der Waals surface area contributed by atoms with E-state index in [1.54, 1.807) is 6.08 Å². The van der Waals surface area contributed by atoms with E-state index in [-0.39, 0.29) is 5.41 Å². The van der Waals surface area contributed by atoms with Gasteiger partial charge in [-0.15, -0.1) is 0 Å². The largest absolute Gasteiger partial charge is 0.257 e. The van der Waals surface area contributed by atoms with Crippen molar-refractivity contribution in [2.45, 2.75) is 38.5 Å². The first-order valence-corrected chi connectivity index (χ1v) is 7.81. The molecule has 4 bridgehead atoms. The van der Waals surface area contributed by atoms with E-state index in [2.05, 4.69) is 17.1 Å². The quantitative estimate of drug-likeness (QED) is 0.750. The molecule has 102 valence electrons. The van der Waals surface area contributed by atoms with Gasteiger partial charge in [0, 0.05) is 12.3 Å². The lowest BCUT2D eigenvalue weighted by Gasteiger charge is -2.57. The SMILES string of the molecule is N#C/C=C(\c1ccccn1)C12CC3CC(CC(C3)C1)C2. The van der Waals surface area contributed by atoms with Gasteiger partial charge in [0.15, 0.2) is 0 Å². The number of hydrogen-bond donors (Lipinski definition) is 0. The Morgan fingerprint density at radius 1 is 1.15 bits per heavy atom. The van der Waals surface area contributed by atoms with Gasteiger partial charge < -0.3 is 0 Å². The monoisotopic (exact) mass is 264 g/mol. The van der Waals surface area contributed by atoms with E-state index < -0.39 is 0 Å². The molecule has 2 heteroatoms. The normalized spacial score (nSPS) is 38.8. The Labute approximate surface area is 120 Å². The molecule has 0 spiro atoms. The van der Waals surface area contributed by atoms with E-state index in [4.69, 9.17) is 0 Å². The molecule has 4 aliphatic carbocycles. The Morgan fingerprint density at radius 3 is 2.30 bits per heavy atom. The third-order valence-corrected chi connectivity index (χ3v) is 5.76. The van der Waals surface area contributed by atoms with E-state index in [0.717, 1.165) is 23.4 Å². The molecule has 0 aliphatic heterocycles. The molecule has 1 aromatic rings.